The summed E-state index contributed by atoms with van der Waals surface area (Å²) >= 11 is 1.45. The molecule has 6 heteroatoms. The third-order valence-electron chi connectivity index (χ3n) is 3.47. The summed E-state index contributed by atoms with van der Waals surface area (Å²) in [7, 11) is -3.04. The van der Waals surface area contributed by atoms with Crippen LogP contribution >= 0.6 is 11.3 Å². The minimum absolute atomic E-state index is 0.00713. The normalized spacial score (nSPS) is 25.0. The number of rotatable bonds is 3. The molecule has 1 aromatic heterocycles. The minimum Gasteiger partial charge on any atom is -0.292 e. The molecule has 1 fully saturated rings. The second kappa shape index (κ2) is 5.09. The first-order valence-corrected chi connectivity index (χ1v) is 8.86. The zero-order valence-electron chi connectivity index (χ0n) is 10.5. The summed E-state index contributed by atoms with van der Waals surface area (Å²) in [6.45, 7) is 1.86. The predicted molar refractivity (Wildman–Crippen MR) is 71.8 cm³/mol. The van der Waals surface area contributed by atoms with Gasteiger partial charge in [0.2, 0.25) is 0 Å². The highest BCUT2D eigenvalue weighted by Gasteiger charge is 2.33. The molecule has 0 N–H and O–H groups in total. The minimum atomic E-state index is -3.04. The maximum atomic E-state index is 12.2. The lowest BCUT2D eigenvalue weighted by molar-refractivity contribution is 0.0886. The molecule has 100 valence electrons. The van der Waals surface area contributed by atoms with Gasteiger partial charge >= 0.3 is 0 Å². The Labute approximate surface area is 111 Å². The molecule has 1 aliphatic carbocycles. The molecule has 0 amide bonds. The lowest BCUT2D eigenvalue weighted by atomic mass is 9.85. The van der Waals surface area contributed by atoms with E-state index in [4.69, 9.17) is 0 Å². The maximum absolute atomic E-state index is 12.2. The van der Waals surface area contributed by atoms with Crippen molar-refractivity contribution in [3.63, 3.8) is 0 Å². The number of sulfone groups is 1. The molecule has 2 rings (SSSR count). The fourth-order valence-electron chi connectivity index (χ4n) is 2.46. The number of nitrogens with zero attached hydrogens (tertiary/aromatic N) is 1. The van der Waals surface area contributed by atoms with Gasteiger partial charge in [-0.1, -0.05) is 6.42 Å². The Morgan fingerprint density at radius 2 is 2.17 bits per heavy atom. The number of Topliss-reactive ketones (excluding diaryl/α,β-unsaturated/α-hetero) is 1. The second-order valence-corrected chi connectivity index (χ2v) is 8.32. The van der Waals surface area contributed by atoms with Crippen molar-refractivity contribution in [1.82, 2.24) is 4.98 Å². The lowest BCUT2D eigenvalue weighted by Crippen LogP contribution is -2.31. The van der Waals surface area contributed by atoms with E-state index in [1.54, 1.807) is 5.38 Å². The van der Waals surface area contributed by atoms with Crippen LogP contribution in [0.2, 0.25) is 0 Å². The summed E-state index contributed by atoms with van der Waals surface area (Å²) in [5, 5.41) is 2.27. The van der Waals surface area contributed by atoms with E-state index in [9.17, 15) is 13.2 Å². The van der Waals surface area contributed by atoms with E-state index in [0.717, 1.165) is 17.8 Å². The van der Waals surface area contributed by atoms with Gasteiger partial charge in [0.15, 0.2) is 5.78 Å². The number of aryl methyl sites for hydroxylation is 1. The molecule has 4 nitrogen and oxygen atoms in total. The Kier molecular flexibility index (Phi) is 3.87. The smallest absolute Gasteiger partial charge is 0.185 e. The van der Waals surface area contributed by atoms with E-state index in [2.05, 4.69) is 4.98 Å². The molecule has 2 atom stereocenters. The van der Waals surface area contributed by atoms with E-state index in [1.165, 1.54) is 17.6 Å². The molecule has 0 spiro atoms. The third kappa shape index (κ3) is 2.98. The molecular formula is C12H17NO3S2. The first-order chi connectivity index (χ1) is 8.38. The van der Waals surface area contributed by atoms with Crippen molar-refractivity contribution in [3.05, 3.63) is 16.1 Å². The Balaban J connectivity index is 2.12. The Hall–Kier alpha value is -0.750. The van der Waals surface area contributed by atoms with Crippen LogP contribution in [0.3, 0.4) is 0 Å². The fraction of sp³-hybridized carbons (Fsp3) is 0.667. The molecule has 0 bridgehead atoms. The van der Waals surface area contributed by atoms with Gasteiger partial charge in [-0.15, -0.1) is 11.3 Å². The van der Waals surface area contributed by atoms with Crippen LogP contribution in [0.15, 0.2) is 5.38 Å². The molecule has 0 saturated heterocycles. The van der Waals surface area contributed by atoms with Gasteiger partial charge in [-0.05, 0) is 26.2 Å². The van der Waals surface area contributed by atoms with E-state index >= 15 is 0 Å². The van der Waals surface area contributed by atoms with Gasteiger partial charge < -0.3 is 0 Å². The van der Waals surface area contributed by atoms with E-state index < -0.39 is 9.84 Å². The summed E-state index contributed by atoms with van der Waals surface area (Å²) in [5.41, 5.74) is 0.497. The second-order valence-electron chi connectivity index (χ2n) is 4.93. The number of thiazole rings is 1. The monoisotopic (exact) mass is 287 g/mol. The number of hydrogen-bond acceptors (Lipinski definition) is 5. The van der Waals surface area contributed by atoms with Crippen LogP contribution in [0.5, 0.6) is 0 Å². The van der Waals surface area contributed by atoms with Crippen LogP contribution in [0, 0.1) is 12.8 Å². The topological polar surface area (TPSA) is 64.1 Å². The Morgan fingerprint density at radius 1 is 1.44 bits per heavy atom. The highest BCUT2D eigenvalue weighted by atomic mass is 32.2. The summed E-state index contributed by atoms with van der Waals surface area (Å²) < 4.78 is 23.1. The molecule has 2 unspecified atom stereocenters. The summed E-state index contributed by atoms with van der Waals surface area (Å²) in [6, 6.07) is 0. The van der Waals surface area contributed by atoms with Crippen LogP contribution in [-0.4, -0.2) is 30.7 Å². The SMILES string of the molecule is Cc1nc(C(=O)C2CCCC(S(C)(=O)=O)C2)cs1. The Morgan fingerprint density at radius 3 is 2.72 bits per heavy atom. The van der Waals surface area contributed by atoms with Crippen molar-refractivity contribution in [2.24, 2.45) is 5.92 Å². The quantitative estimate of drug-likeness (QED) is 0.800. The van der Waals surface area contributed by atoms with Gasteiger partial charge in [-0.2, -0.15) is 0 Å². The zero-order valence-corrected chi connectivity index (χ0v) is 12.2. The average Bonchev–Trinajstić information content (AvgIpc) is 2.74. The van der Waals surface area contributed by atoms with Gasteiger partial charge in [0, 0.05) is 17.6 Å². The zero-order chi connectivity index (χ0) is 13.3. The number of aromatic nitrogens is 1. The van der Waals surface area contributed by atoms with Crippen molar-refractivity contribution in [1.29, 1.82) is 0 Å². The molecule has 1 aromatic rings. The fourth-order valence-corrected chi connectivity index (χ4v) is 4.24. The van der Waals surface area contributed by atoms with Crippen LogP contribution in [0.4, 0.5) is 0 Å². The molecule has 0 aromatic carbocycles. The molecule has 0 radical (unpaired) electrons. The van der Waals surface area contributed by atoms with Crippen LogP contribution in [0.25, 0.3) is 0 Å². The molecule has 1 heterocycles. The molecule has 1 aliphatic rings. The predicted octanol–water partition coefficient (Wildman–Crippen LogP) is 2.24. The lowest BCUT2D eigenvalue weighted by Gasteiger charge is -2.26. The number of hydrogen-bond donors (Lipinski definition) is 0. The van der Waals surface area contributed by atoms with Gasteiger partial charge in [-0.25, -0.2) is 13.4 Å². The van der Waals surface area contributed by atoms with Gasteiger partial charge in [-0.3, -0.25) is 4.79 Å². The molecule has 0 aliphatic heterocycles. The van der Waals surface area contributed by atoms with Crippen LogP contribution in [0.1, 0.15) is 41.2 Å². The first-order valence-electron chi connectivity index (χ1n) is 6.03. The average molecular weight is 287 g/mol. The van der Waals surface area contributed by atoms with E-state index in [0.29, 0.717) is 18.5 Å². The third-order valence-corrected chi connectivity index (χ3v) is 5.89. The van der Waals surface area contributed by atoms with E-state index in [1.807, 2.05) is 6.92 Å². The van der Waals surface area contributed by atoms with Gasteiger partial charge in [0.25, 0.3) is 0 Å². The van der Waals surface area contributed by atoms with Crippen molar-refractivity contribution in [3.8, 4) is 0 Å². The van der Waals surface area contributed by atoms with Crippen LogP contribution < -0.4 is 0 Å². The highest BCUT2D eigenvalue weighted by Crippen LogP contribution is 2.31. The first kappa shape index (κ1) is 13.7. The van der Waals surface area contributed by atoms with Crippen molar-refractivity contribution >= 4 is 27.0 Å². The van der Waals surface area contributed by atoms with E-state index in [-0.39, 0.29) is 17.0 Å². The standard InChI is InChI=1S/C12H17NO3S2/c1-8-13-11(7-17-8)12(14)9-4-3-5-10(6-9)18(2,15)16/h7,9-10H,3-6H2,1-2H3. The number of ketones is 1. The summed E-state index contributed by atoms with van der Waals surface area (Å²) in [4.78, 5) is 16.4. The summed E-state index contributed by atoms with van der Waals surface area (Å²) in [5.74, 6) is -0.173. The van der Waals surface area contributed by atoms with Crippen LogP contribution in [-0.2, 0) is 9.84 Å². The maximum Gasteiger partial charge on any atom is 0.185 e. The number of carbonyl (C=O) groups is 1. The largest absolute Gasteiger partial charge is 0.292 e. The highest BCUT2D eigenvalue weighted by molar-refractivity contribution is 7.91. The molecule has 1 saturated carbocycles. The van der Waals surface area contributed by atoms with Crippen molar-refractivity contribution in [2.45, 2.75) is 37.9 Å². The van der Waals surface area contributed by atoms with Gasteiger partial charge in [0.05, 0.1) is 10.3 Å². The van der Waals surface area contributed by atoms with Crippen molar-refractivity contribution in [2.75, 3.05) is 6.26 Å². The van der Waals surface area contributed by atoms with Gasteiger partial charge in [0.1, 0.15) is 15.5 Å². The van der Waals surface area contributed by atoms with Crippen molar-refractivity contribution < 1.29 is 13.2 Å². The molecule has 18 heavy (non-hydrogen) atoms. The summed E-state index contributed by atoms with van der Waals surface area (Å²) in [6.07, 6.45) is 3.98. The Bertz CT molecular complexity index is 547. The number of carbonyl (C=O) groups excluding carboxylic acids is 1. The molecular weight excluding hydrogens is 270 g/mol.